The molecule has 0 aliphatic carbocycles. The standard InChI is InChI=1S/C19H29N5O2/c1-15-13-23-24(14-15)11-5-9-21-19(20-2)22-10-8-16-6-7-17(25-3)18(12-16)26-4/h6-7,12-14H,5,8-11H2,1-4H3,(H2,20,21,22). The summed E-state index contributed by atoms with van der Waals surface area (Å²) in [6, 6.07) is 5.98. The van der Waals surface area contributed by atoms with E-state index in [4.69, 9.17) is 9.47 Å². The van der Waals surface area contributed by atoms with Crippen molar-refractivity contribution in [3.63, 3.8) is 0 Å². The average Bonchev–Trinajstić information content (AvgIpc) is 3.08. The maximum Gasteiger partial charge on any atom is 0.190 e. The van der Waals surface area contributed by atoms with Crippen LogP contribution >= 0.6 is 0 Å². The molecule has 2 aromatic rings. The van der Waals surface area contributed by atoms with Gasteiger partial charge in [0, 0.05) is 32.9 Å². The molecule has 0 aliphatic rings. The van der Waals surface area contributed by atoms with Gasteiger partial charge in [-0.1, -0.05) is 6.07 Å². The smallest absolute Gasteiger partial charge is 0.190 e. The molecule has 0 spiro atoms. The molecule has 26 heavy (non-hydrogen) atoms. The third kappa shape index (κ3) is 5.98. The molecule has 0 amide bonds. The van der Waals surface area contributed by atoms with Crippen molar-refractivity contribution in [2.45, 2.75) is 26.3 Å². The van der Waals surface area contributed by atoms with E-state index in [0.29, 0.717) is 0 Å². The van der Waals surface area contributed by atoms with Crippen LogP contribution in [0, 0.1) is 6.92 Å². The lowest BCUT2D eigenvalue weighted by Gasteiger charge is -2.13. The number of nitrogens with zero attached hydrogens (tertiary/aromatic N) is 3. The summed E-state index contributed by atoms with van der Waals surface area (Å²) in [7, 11) is 5.07. The molecule has 0 unspecified atom stereocenters. The summed E-state index contributed by atoms with van der Waals surface area (Å²) >= 11 is 0. The van der Waals surface area contributed by atoms with E-state index in [1.54, 1.807) is 21.3 Å². The molecular formula is C19H29N5O2. The Labute approximate surface area is 155 Å². The first-order chi connectivity index (χ1) is 12.7. The largest absolute Gasteiger partial charge is 0.493 e. The number of benzene rings is 1. The predicted octanol–water partition coefficient (Wildman–Crippen LogP) is 2.01. The molecule has 1 aromatic carbocycles. The number of methoxy groups -OCH3 is 2. The summed E-state index contributed by atoms with van der Waals surface area (Å²) < 4.78 is 12.6. The van der Waals surface area contributed by atoms with Gasteiger partial charge in [0.25, 0.3) is 0 Å². The minimum atomic E-state index is 0.745. The minimum Gasteiger partial charge on any atom is -0.493 e. The average molecular weight is 359 g/mol. The molecule has 142 valence electrons. The summed E-state index contributed by atoms with van der Waals surface area (Å²) in [5.41, 5.74) is 2.37. The topological polar surface area (TPSA) is 72.7 Å². The highest BCUT2D eigenvalue weighted by atomic mass is 16.5. The zero-order valence-corrected chi connectivity index (χ0v) is 16.1. The van der Waals surface area contributed by atoms with Crippen molar-refractivity contribution in [2.75, 3.05) is 34.4 Å². The van der Waals surface area contributed by atoms with Gasteiger partial charge in [-0.2, -0.15) is 5.10 Å². The Morgan fingerprint density at radius 2 is 1.92 bits per heavy atom. The van der Waals surface area contributed by atoms with Gasteiger partial charge >= 0.3 is 0 Å². The van der Waals surface area contributed by atoms with Crippen molar-refractivity contribution in [3.05, 3.63) is 41.7 Å². The molecule has 2 N–H and O–H groups in total. The third-order valence-electron chi connectivity index (χ3n) is 4.00. The fourth-order valence-corrected chi connectivity index (χ4v) is 2.62. The molecule has 1 aromatic heterocycles. The monoisotopic (exact) mass is 359 g/mol. The van der Waals surface area contributed by atoms with E-state index in [0.717, 1.165) is 49.9 Å². The normalized spacial score (nSPS) is 11.3. The lowest BCUT2D eigenvalue weighted by molar-refractivity contribution is 0.354. The van der Waals surface area contributed by atoms with Gasteiger partial charge in [0.2, 0.25) is 0 Å². The van der Waals surface area contributed by atoms with Crippen LogP contribution in [-0.2, 0) is 13.0 Å². The Balaban J connectivity index is 1.70. The lowest BCUT2D eigenvalue weighted by atomic mass is 10.1. The Kier molecular flexibility index (Phi) is 7.79. The van der Waals surface area contributed by atoms with Gasteiger partial charge in [0.1, 0.15) is 0 Å². The molecule has 2 rings (SSSR count). The van der Waals surface area contributed by atoms with Crippen LogP contribution in [0.25, 0.3) is 0 Å². The van der Waals surface area contributed by atoms with E-state index in [2.05, 4.69) is 26.9 Å². The number of guanidine groups is 1. The zero-order valence-electron chi connectivity index (χ0n) is 16.1. The minimum absolute atomic E-state index is 0.745. The number of aliphatic imine (C=N–C) groups is 1. The number of ether oxygens (including phenoxy) is 2. The van der Waals surface area contributed by atoms with E-state index in [-0.39, 0.29) is 0 Å². The van der Waals surface area contributed by atoms with Crippen LogP contribution < -0.4 is 20.1 Å². The molecule has 0 bridgehead atoms. The van der Waals surface area contributed by atoms with Crippen LogP contribution in [0.5, 0.6) is 11.5 Å². The number of hydrogen-bond acceptors (Lipinski definition) is 4. The molecule has 0 saturated carbocycles. The van der Waals surface area contributed by atoms with Crippen LogP contribution in [0.4, 0.5) is 0 Å². The van der Waals surface area contributed by atoms with Gasteiger partial charge in [-0.25, -0.2) is 0 Å². The van der Waals surface area contributed by atoms with Crippen LogP contribution in [0.1, 0.15) is 17.5 Å². The number of hydrogen-bond donors (Lipinski definition) is 2. The highest BCUT2D eigenvalue weighted by Gasteiger charge is 2.05. The molecule has 0 fully saturated rings. The maximum atomic E-state index is 5.34. The van der Waals surface area contributed by atoms with Gasteiger partial charge in [0.05, 0.1) is 20.4 Å². The van der Waals surface area contributed by atoms with Crippen molar-refractivity contribution >= 4 is 5.96 Å². The van der Waals surface area contributed by atoms with Crippen molar-refractivity contribution < 1.29 is 9.47 Å². The molecule has 1 heterocycles. The Morgan fingerprint density at radius 1 is 1.15 bits per heavy atom. The Hall–Kier alpha value is -2.70. The second-order valence-electron chi connectivity index (χ2n) is 6.00. The highest BCUT2D eigenvalue weighted by Crippen LogP contribution is 2.27. The van der Waals surface area contributed by atoms with Gasteiger partial charge < -0.3 is 20.1 Å². The second kappa shape index (κ2) is 10.3. The maximum absolute atomic E-state index is 5.34. The number of aromatic nitrogens is 2. The summed E-state index contributed by atoms with van der Waals surface area (Å²) in [5.74, 6) is 2.30. The van der Waals surface area contributed by atoms with Gasteiger partial charge in [-0.05, 0) is 43.0 Å². The highest BCUT2D eigenvalue weighted by molar-refractivity contribution is 5.79. The van der Waals surface area contributed by atoms with E-state index >= 15 is 0 Å². The molecule has 0 aliphatic heterocycles. The van der Waals surface area contributed by atoms with Crippen molar-refractivity contribution in [2.24, 2.45) is 4.99 Å². The van der Waals surface area contributed by atoms with Gasteiger partial charge in [-0.15, -0.1) is 0 Å². The van der Waals surface area contributed by atoms with Crippen molar-refractivity contribution in [1.82, 2.24) is 20.4 Å². The molecular weight excluding hydrogens is 330 g/mol. The second-order valence-corrected chi connectivity index (χ2v) is 6.00. The molecule has 0 atom stereocenters. The van der Waals surface area contributed by atoms with Crippen molar-refractivity contribution in [3.8, 4) is 11.5 Å². The quantitative estimate of drug-likeness (QED) is 0.407. The van der Waals surface area contributed by atoms with E-state index in [1.165, 1.54) is 11.1 Å². The predicted molar refractivity (Wildman–Crippen MR) is 104 cm³/mol. The molecule has 7 nitrogen and oxygen atoms in total. The molecule has 0 saturated heterocycles. The van der Waals surface area contributed by atoms with Crippen LogP contribution in [-0.4, -0.2) is 50.1 Å². The Morgan fingerprint density at radius 3 is 2.58 bits per heavy atom. The van der Waals surface area contributed by atoms with E-state index in [1.807, 2.05) is 36.0 Å². The van der Waals surface area contributed by atoms with Crippen molar-refractivity contribution in [1.29, 1.82) is 0 Å². The summed E-state index contributed by atoms with van der Waals surface area (Å²) in [4.78, 5) is 4.26. The number of rotatable bonds is 9. The fraction of sp³-hybridized carbons (Fsp3) is 0.474. The van der Waals surface area contributed by atoms with E-state index in [9.17, 15) is 0 Å². The van der Waals surface area contributed by atoms with Crippen LogP contribution in [0.3, 0.4) is 0 Å². The lowest BCUT2D eigenvalue weighted by Crippen LogP contribution is -2.39. The Bertz CT molecular complexity index is 712. The number of aryl methyl sites for hydroxylation is 2. The van der Waals surface area contributed by atoms with Gasteiger partial charge in [-0.3, -0.25) is 9.67 Å². The summed E-state index contributed by atoms with van der Waals surface area (Å²) in [5, 5.41) is 10.9. The first kappa shape index (κ1) is 19.6. The zero-order chi connectivity index (χ0) is 18.8. The van der Waals surface area contributed by atoms with E-state index < -0.39 is 0 Å². The van der Waals surface area contributed by atoms with Gasteiger partial charge in [0.15, 0.2) is 17.5 Å². The van der Waals surface area contributed by atoms with Crippen LogP contribution in [0.2, 0.25) is 0 Å². The summed E-state index contributed by atoms with van der Waals surface area (Å²) in [6.07, 6.45) is 5.78. The first-order valence-corrected chi connectivity index (χ1v) is 8.80. The fourth-order valence-electron chi connectivity index (χ4n) is 2.62. The first-order valence-electron chi connectivity index (χ1n) is 8.80. The summed E-state index contributed by atoms with van der Waals surface area (Å²) in [6.45, 7) is 4.57. The number of nitrogens with one attached hydrogen (secondary N) is 2. The molecule has 0 radical (unpaired) electrons. The molecule has 7 heteroatoms. The van der Waals surface area contributed by atoms with Crippen LogP contribution in [0.15, 0.2) is 35.6 Å². The SMILES string of the molecule is CN=C(NCCCn1cc(C)cn1)NCCc1ccc(OC)c(OC)c1. The third-order valence-corrected chi connectivity index (χ3v) is 4.00.